The third-order valence-corrected chi connectivity index (χ3v) is 5.51. The van der Waals surface area contributed by atoms with Crippen LogP contribution in [0.5, 0.6) is 11.5 Å². The number of fused-ring (bicyclic) bond motifs is 1. The molecule has 1 aliphatic heterocycles. The number of carbonyl (C=O) groups excluding carboxylic acids is 1. The molecule has 2 heterocycles. The van der Waals surface area contributed by atoms with Crippen molar-refractivity contribution in [2.24, 2.45) is 4.99 Å². The number of thioether (sulfide) groups is 1. The summed E-state index contributed by atoms with van der Waals surface area (Å²) in [6, 6.07) is 14.7. The molecule has 0 bridgehead atoms. The highest BCUT2D eigenvalue weighted by Crippen LogP contribution is 2.29. The number of aromatic hydroxyl groups is 1. The summed E-state index contributed by atoms with van der Waals surface area (Å²) in [4.78, 5) is 21.8. The third-order valence-electron chi connectivity index (χ3n) is 4.57. The summed E-state index contributed by atoms with van der Waals surface area (Å²) in [6.45, 7) is 3.08. The van der Waals surface area contributed by atoms with Crippen molar-refractivity contribution < 1.29 is 14.6 Å². The van der Waals surface area contributed by atoms with Crippen LogP contribution in [0.4, 0.5) is 0 Å². The number of amidine groups is 1. The molecule has 1 saturated heterocycles. The Labute approximate surface area is 178 Å². The molecule has 0 aliphatic carbocycles. The maximum Gasteiger partial charge on any atom is 0.264 e. The van der Waals surface area contributed by atoms with Gasteiger partial charge in [-0.1, -0.05) is 18.2 Å². The first-order chi connectivity index (χ1) is 14.6. The Kier molecular flexibility index (Phi) is 5.99. The Morgan fingerprint density at radius 1 is 1.20 bits per heavy atom. The van der Waals surface area contributed by atoms with Gasteiger partial charge in [0.25, 0.3) is 5.91 Å². The minimum atomic E-state index is -0.153. The molecule has 0 unspecified atom stereocenters. The normalized spacial score (nSPS) is 16.4. The van der Waals surface area contributed by atoms with Gasteiger partial charge in [-0.25, -0.2) is 0 Å². The molecular formula is C23H21N3O3S. The van der Waals surface area contributed by atoms with Crippen molar-refractivity contribution in [2.45, 2.75) is 13.3 Å². The molecule has 152 valence electrons. The zero-order valence-electron chi connectivity index (χ0n) is 16.5. The first-order valence-electron chi connectivity index (χ1n) is 9.67. The molecule has 7 heteroatoms. The minimum Gasteiger partial charge on any atom is -0.508 e. The second-order valence-electron chi connectivity index (χ2n) is 6.69. The molecule has 3 aromatic rings. The van der Waals surface area contributed by atoms with Crippen LogP contribution in [0.25, 0.3) is 17.0 Å². The van der Waals surface area contributed by atoms with Crippen molar-refractivity contribution in [1.29, 1.82) is 0 Å². The molecule has 6 nitrogen and oxygen atoms in total. The van der Waals surface area contributed by atoms with E-state index in [0.29, 0.717) is 23.2 Å². The van der Waals surface area contributed by atoms with Gasteiger partial charge in [0.15, 0.2) is 5.17 Å². The van der Waals surface area contributed by atoms with Gasteiger partial charge in [-0.3, -0.25) is 14.8 Å². The van der Waals surface area contributed by atoms with Crippen molar-refractivity contribution >= 4 is 39.8 Å². The number of aliphatic imine (C=N–C) groups is 1. The maximum atomic E-state index is 12.3. The number of carbonyl (C=O) groups is 1. The van der Waals surface area contributed by atoms with Crippen molar-refractivity contribution in [3.63, 3.8) is 0 Å². The number of nitrogens with zero attached hydrogens (tertiary/aromatic N) is 2. The number of pyridine rings is 1. The van der Waals surface area contributed by atoms with Crippen LogP contribution in [0.15, 0.2) is 64.6 Å². The summed E-state index contributed by atoms with van der Waals surface area (Å²) in [7, 11) is 0. The number of phenols is 1. The van der Waals surface area contributed by atoms with E-state index in [0.717, 1.165) is 34.2 Å². The van der Waals surface area contributed by atoms with Crippen LogP contribution in [0.2, 0.25) is 0 Å². The van der Waals surface area contributed by atoms with E-state index in [1.54, 1.807) is 18.3 Å². The van der Waals surface area contributed by atoms with E-state index in [2.05, 4.69) is 15.3 Å². The predicted molar refractivity (Wildman–Crippen MR) is 121 cm³/mol. The van der Waals surface area contributed by atoms with E-state index in [1.807, 2.05) is 49.4 Å². The van der Waals surface area contributed by atoms with E-state index in [1.165, 1.54) is 11.8 Å². The smallest absolute Gasteiger partial charge is 0.264 e. The molecule has 1 aliphatic rings. The lowest BCUT2D eigenvalue weighted by Crippen LogP contribution is -2.20. The van der Waals surface area contributed by atoms with Crippen LogP contribution in [0, 0.1) is 0 Å². The second-order valence-corrected chi connectivity index (χ2v) is 7.72. The highest BCUT2D eigenvalue weighted by molar-refractivity contribution is 8.18. The average molecular weight is 420 g/mol. The number of amides is 1. The number of hydrogen-bond donors (Lipinski definition) is 2. The Hall–Kier alpha value is -3.32. The van der Waals surface area contributed by atoms with Crippen molar-refractivity contribution in [1.82, 2.24) is 10.3 Å². The molecule has 4 rings (SSSR count). The van der Waals surface area contributed by atoms with Gasteiger partial charge < -0.3 is 15.2 Å². The first kappa shape index (κ1) is 20.0. The van der Waals surface area contributed by atoms with Crippen LogP contribution in [-0.2, 0) is 11.2 Å². The van der Waals surface area contributed by atoms with Gasteiger partial charge in [-0.05, 0) is 72.6 Å². The molecular weight excluding hydrogens is 398 g/mol. The summed E-state index contributed by atoms with van der Waals surface area (Å²) in [5.74, 6) is 0.874. The molecule has 0 radical (unpaired) electrons. The first-order valence-corrected chi connectivity index (χ1v) is 10.5. The summed E-state index contributed by atoms with van der Waals surface area (Å²) < 4.78 is 5.69. The van der Waals surface area contributed by atoms with Crippen LogP contribution in [0.1, 0.15) is 18.1 Å². The van der Waals surface area contributed by atoms with Crippen LogP contribution < -0.4 is 10.1 Å². The molecule has 2 aromatic carbocycles. The fraction of sp³-hybridized carbons (Fsp3) is 0.174. The molecule has 0 spiro atoms. The van der Waals surface area contributed by atoms with E-state index < -0.39 is 0 Å². The Balaban J connectivity index is 1.48. The predicted octanol–water partition coefficient (Wildman–Crippen LogP) is 4.14. The highest BCUT2D eigenvalue weighted by atomic mass is 32.2. The number of aromatic nitrogens is 1. The van der Waals surface area contributed by atoms with Gasteiger partial charge in [0, 0.05) is 18.1 Å². The SMILES string of the molecule is CCOc1ccnc2ccc(C=C3SC(=NCCc4ccc(O)cc4)NC3=O)cc12. The standard InChI is InChI=1S/C23H21N3O3S/c1-2-29-20-10-12-24-19-8-5-16(13-18(19)20)14-21-22(28)26-23(30-21)25-11-9-15-3-6-17(27)7-4-15/h3-8,10,12-14,27H,2,9,11H2,1H3,(H,25,26,28). The van der Waals surface area contributed by atoms with E-state index in [4.69, 9.17) is 4.74 Å². The fourth-order valence-electron chi connectivity index (χ4n) is 3.11. The minimum absolute atomic E-state index is 0.153. The van der Waals surface area contributed by atoms with Crippen molar-refractivity contribution in [2.75, 3.05) is 13.2 Å². The lowest BCUT2D eigenvalue weighted by Gasteiger charge is -2.07. The van der Waals surface area contributed by atoms with Gasteiger partial charge in [-0.2, -0.15) is 0 Å². The van der Waals surface area contributed by atoms with Gasteiger partial charge in [0.2, 0.25) is 0 Å². The van der Waals surface area contributed by atoms with Crippen LogP contribution in [-0.4, -0.2) is 34.3 Å². The molecule has 1 fully saturated rings. The van der Waals surface area contributed by atoms with Crippen molar-refractivity contribution in [3.8, 4) is 11.5 Å². The Morgan fingerprint density at radius 2 is 2.03 bits per heavy atom. The second kappa shape index (κ2) is 9.00. The monoisotopic (exact) mass is 419 g/mol. The number of hydrogen-bond acceptors (Lipinski definition) is 6. The number of nitrogens with one attached hydrogen (secondary N) is 1. The number of ether oxygens (including phenoxy) is 1. The van der Waals surface area contributed by atoms with Gasteiger partial charge in [-0.15, -0.1) is 0 Å². The summed E-state index contributed by atoms with van der Waals surface area (Å²) in [6.07, 6.45) is 4.31. The lowest BCUT2D eigenvalue weighted by molar-refractivity contribution is -0.115. The van der Waals surface area contributed by atoms with E-state index >= 15 is 0 Å². The Morgan fingerprint density at radius 3 is 2.83 bits per heavy atom. The van der Waals surface area contributed by atoms with E-state index in [9.17, 15) is 9.90 Å². The number of benzene rings is 2. The van der Waals surface area contributed by atoms with Gasteiger partial charge in [0.1, 0.15) is 11.5 Å². The largest absolute Gasteiger partial charge is 0.508 e. The van der Waals surface area contributed by atoms with Crippen molar-refractivity contribution in [3.05, 3.63) is 70.8 Å². The molecule has 30 heavy (non-hydrogen) atoms. The average Bonchev–Trinajstić information content (AvgIpc) is 3.09. The lowest BCUT2D eigenvalue weighted by atomic mass is 10.1. The quantitative estimate of drug-likeness (QED) is 0.587. The molecule has 0 atom stereocenters. The number of rotatable bonds is 6. The van der Waals surface area contributed by atoms with Gasteiger partial charge in [0.05, 0.1) is 17.0 Å². The zero-order valence-corrected chi connectivity index (χ0v) is 17.3. The molecule has 1 amide bonds. The third kappa shape index (κ3) is 4.63. The number of phenolic OH excluding ortho intramolecular Hbond substituents is 1. The molecule has 2 N–H and O–H groups in total. The van der Waals surface area contributed by atoms with Crippen LogP contribution in [0.3, 0.4) is 0 Å². The molecule has 1 aromatic heterocycles. The summed E-state index contributed by atoms with van der Waals surface area (Å²) in [5, 5.41) is 13.7. The fourth-order valence-corrected chi connectivity index (χ4v) is 3.96. The van der Waals surface area contributed by atoms with E-state index in [-0.39, 0.29) is 11.7 Å². The van der Waals surface area contributed by atoms with Gasteiger partial charge >= 0.3 is 0 Å². The summed E-state index contributed by atoms with van der Waals surface area (Å²) >= 11 is 1.33. The molecule has 0 saturated carbocycles. The van der Waals surface area contributed by atoms with Crippen LogP contribution >= 0.6 is 11.8 Å². The highest BCUT2D eigenvalue weighted by Gasteiger charge is 2.23. The Bertz CT molecular complexity index is 1140. The summed E-state index contributed by atoms with van der Waals surface area (Å²) in [5.41, 5.74) is 2.83. The zero-order chi connectivity index (χ0) is 20.9. The maximum absolute atomic E-state index is 12.3. The topological polar surface area (TPSA) is 83.8 Å².